The van der Waals surface area contributed by atoms with Gasteiger partial charge in [0, 0.05) is 44.0 Å². The summed E-state index contributed by atoms with van der Waals surface area (Å²) in [5.41, 5.74) is 7.21. The molecule has 0 amide bonds. The van der Waals surface area contributed by atoms with Gasteiger partial charge in [0.05, 0.1) is 12.6 Å². The third-order valence-electron chi connectivity index (χ3n) is 7.38. The molecule has 9 heteroatoms. The summed E-state index contributed by atoms with van der Waals surface area (Å²) in [7, 11) is 0. The molecule has 4 heterocycles. The van der Waals surface area contributed by atoms with Crippen molar-refractivity contribution in [1.82, 2.24) is 25.1 Å². The van der Waals surface area contributed by atoms with Gasteiger partial charge in [0.2, 0.25) is 5.82 Å². The van der Waals surface area contributed by atoms with Gasteiger partial charge in [-0.25, -0.2) is 9.97 Å². The van der Waals surface area contributed by atoms with Crippen LogP contribution >= 0.6 is 0 Å². The van der Waals surface area contributed by atoms with Crippen LogP contribution in [0.4, 0.5) is 11.6 Å². The highest BCUT2D eigenvalue weighted by atomic mass is 16.5. The van der Waals surface area contributed by atoms with Crippen molar-refractivity contribution in [2.45, 2.75) is 25.4 Å². The zero-order valence-electron chi connectivity index (χ0n) is 20.0. The third-order valence-corrected chi connectivity index (χ3v) is 7.38. The molecule has 1 saturated carbocycles. The maximum atomic E-state index is 10.2. The smallest absolute Gasteiger partial charge is 0.206 e. The van der Waals surface area contributed by atoms with Crippen LogP contribution in [0.25, 0.3) is 11.3 Å². The molecular formula is C27H29N7O2. The van der Waals surface area contributed by atoms with Crippen molar-refractivity contribution in [2.75, 3.05) is 43.4 Å². The van der Waals surface area contributed by atoms with Gasteiger partial charge < -0.3 is 20.5 Å². The van der Waals surface area contributed by atoms with Crippen molar-refractivity contribution in [2.24, 2.45) is 11.8 Å². The van der Waals surface area contributed by atoms with Crippen molar-refractivity contribution in [3.63, 3.8) is 0 Å². The second-order valence-electron chi connectivity index (χ2n) is 9.80. The molecule has 2 saturated heterocycles. The number of benzene rings is 1. The molecule has 1 aromatic carbocycles. The highest BCUT2D eigenvalue weighted by molar-refractivity contribution is 5.68. The molecule has 2 aromatic heterocycles. The monoisotopic (exact) mass is 483 g/mol. The molecule has 1 aliphatic carbocycles. The number of ether oxygens (including phenoxy) is 1. The van der Waals surface area contributed by atoms with Crippen LogP contribution in [0.15, 0.2) is 42.6 Å². The van der Waals surface area contributed by atoms with Crippen molar-refractivity contribution in [3.8, 4) is 34.6 Å². The lowest BCUT2D eigenvalue weighted by Gasteiger charge is -2.28. The highest BCUT2D eigenvalue weighted by Gasteiger charge is 2.42. The Morgan fingerprint density at radius 3 is 2.64 bits per heavy atom. The molecule has 6 rings (SSSR count). The molecule has 0 radical (unpaired) electrons. The molecule has 3 aromatic rings. The number of nitrogen functional groups attached to an aromatic ring is 1. The molecule has 3 N–H and O–H groups in total. The Morgan fingerprint density at radius 1 is 1.08 bits per heavy atom. The minimum atomic E-state index is 0.0687. The number of fused-ring (bicyclic) bond motifs is 1. The Labute approximate surface area is 210 Å². The van der Waals surface area contributed by atoms with E-state index in [1.807, 2.05) is 12.1 Å². The van der Waals surface area contributed by atoms with Gasteiger partial charge in [-0.1, -0.05) is 18.1 Å². The Kier molecular flexibility index (Phi) is 6.03. The van der Waals surface area contributed by atoms with Gasteiger partial charge in [-0.15, -0.1) is 10.2 Å². The maximum absolute atomic E-state index is 10.2. The number of nitrogens with two attached hydrogens (primary N) is 1. The standard InChI is InChI=1S/C27H29N7O2/c28-27-24(15-22(31-32-27)21-5-1-2-6-23(21)35)36-20-13-18-16-34(17-19(18)14-20)26-8-9-29-25(30-26)7-3-10-33-11-4-12-33/h1-2,5-6,8-9,15,18-20,35H,4,10-14,16-17H2,(H2,28,32). The first-order chi connectivity index (χ1) is 17.6. The van der Waals surface area contributed by atoms with Crippen LogP contribution in [-0.4, -0.2) is 69.0 Å². The fraction of sp³-hybridized carbons (Fsp3) is 0.407. The lowest BCUT2D eigenvalue weighted by Crippen LogP contribution is -2.37. The van der Waals surface area contributed by atoms with E-state index in [9.17, 15) is 5.11 Å². The van der Waals surface area contributed by atoms with Crippen molar-refractivity contribution in [1.29, 1.82) is 0 Å². The number of phenolic OH excluding ortho intramolecular Hbond substituents is 1. The van der Waals surface area contributed by atoms with Crippen LogP contribution in [0.5, 0.6) is 11.5 Å². The SMILES string of the molecule is Nc1nnc(-c2ccccc2O)cc1OC1CC2CN(c3ccnc(C#CCN4CCC4)n3)CC2C1. The zero-order valence-corrected chi connectivity index (χ0v) is 20.0. The van der Waals surface area contributed by atoms with E-state index in [0.717, 1.165) is 51.4 Å². The number of hydrogen-bond acceptors (Lipinski definition) is 9. The van der Waals surface area contributed by atoms with E-state index in [4.69, 9.17) is 15.5 Å². The van der Waals surface area contributed by atoms with E-state index >= 15 is 0 Å². The summed E-state index contributed by atoms with van der Waals surface area (Å²) in [5, 5.41) is 18.4. The number of aromatic nitrogens is 4. The number of phenols is 1. The van der Waals surface area contributed by atoms with E-state index in [2.05, 4.69) is 36.8 Å². The molecule has 3 aliphatic rings. The topological polar surface area (TPSA) is 114 Å². The third kappa shape index (κ3) is 4.64. The average molecular weight is 484 g/mol. The molecular weight excluding hydrogens is 454 g/mol. The number of likely N-dealkylation sites (tertiary alicyclic amines) is 1. The summed E-state index contributed by atoms with van der Waals surface area (Å²) in [4.78, 5) is 13.7. The van der Waals surface area contributed by atoms with E-state index in [0.29, 0.717) is 34.7 Å². The van der Waals surface area contributed by atoms with E-state index in [1.165, 1.54) is 6.42 Å². The lowest BCUT2D eigenvalue weighted by molar-refractivity contribution is 0.201. The van der Waals surface area contributed by atoms with E-state index in [-0.39, 0.29) is 17.7 Å². The molecule has 2 atom stereocenters. The Hall–Kier alpha value is -3.90. The van der Waals surface area contributed by atoms with Crippen molar-refractivity contribution < 1.29 is 9.84 Å². The summed E-state index contributed by atoms with van der Waals surface area (Å²) >= 11 is 0. The predicted molar refractivity (Wildman–Crippen MR) is 136 cm³/mol. The Bertz CT molecular complexity index is 1300. The number of anilines is 2. The van der Waals surface area contributed by atoms with Gasteiger partial charge in [0.25, 0.3) is 0 Å². The zero-order chi connectivity index (χ0) is 24.5. The van der Waals surface area contributed by atoms with Crippen molar-refractivity contribution in [3.05, 3.63) is 48.4 Å². The first kappa shape index (κ1) is 22.6. The fourth-order valence-electron chi connectivity index (χ4n) is 5.36. The Morgan fingerprint density at radius 2 is 1.89 bits per heavy atom. The summed E-state index contributed by atoms with van der Waals surface area (Å²) in [6, 6.07) is 10.8. The number of hydrogen-bond donors (Lipinski definition) is 2. The summed E-state index contributed by atoms with van der Waals surface area (Å²) in [6.45, 7) is 4.94. The number of rotatable bonds is 5. The van der Waals surface area contributed by atoms with Crippen LogP contribution in [0.1, 0.15) is 25.1 Å². The molecule has 184 valence electrons. The summed E-state index contributed by atoms with van der Waals surface area (Å²) < 4.78 is 6.31. The van der Waals surface area contributed by atoms with Gasteiger partial charge in [-0.2, -0.15) is 0 Å². The van der Waals surface area contributed by atoms with E-state index < -0.39 is 0 Å². The first-order valence-corrected chi connectivity index (χ1v) is 12.5. The predicted octanol–water partition coefficient (Wildman–Crippen LogP) is 2.57. The minimum absolute atomic E-state index is 0.0687. The van der Waals surface area contributed by atoms with Crippen LogP contribution in [-0.2, 0) is 0 Å². The fourth-order valence-corrected chi connectivity index (χ4v) is 5.36. The molecule has 3 fully saturated rings. The summed E-state index contributed by atoms with van der Waals surface area (Å²) in [6.07, 6.45) is 5.03. The highest BCUT2D eigenvalue weighted by Crippen LogP contribution is 2.42. The number of para-hydroxylation sites is 1. The average Bonchev–Trinajstić information content (AvgIpc) is 3.42. The molecule has 2 aliphatic heterocycles. The van der Waals surface area contributed by atoms with Crippen LogP contribution in [0, 0.1) is 23.7 Å². The van der Waals surface area contributed by atoms with E-state index in [1.54, 1.807) is 30.5 Å². The normalized spacial score (nSPS) is 23.0. The number of nitrogens with zero attached hydrogens (tertiary/aromatic N) is 6. The first-order valence-electron chi connectivity index (χ1n) is 12.5. The Balaban J connectivity index is 1.08. The largest absolute Gasteiger partial charge is 0.507 e. The number of aromatic hydroxyl groups is 1. The van der Waals surface area contributed by atoms with Crippen LogP contribution in [0.3, 0.4) is 0 Å². The van der Waals surface area contributed by atoms with Crippen molar-refractivity contribution >= 4 is 11.6 Å². The quantitative estimate of drug-likeness (QED) is 0.529. The molecule has 0 spiro atoms. The van der Waals surface area contributed by atoms with Gasteiger partial charge in [0.1, 0.15) is 17.3 Å². The molecule has 36 heavy (non-hydrogen) atoms. The lowest BCUT2D eigenvalue weighted by atomic mass is 10.0. The van der Waals surface area contributed by atoms with Gasteiger partial charge in [0.15, 0.2) is 11.6 Å². The second-order valence-corrected chi connectivity index (χ2v) is 9.80. The minimum Gasteiger partial charge on any atom is -0.507 e. The van der Waals surface area contributed by atoms with Gasteiger partial charge >= 0.3 is 0 Å². The van der Waals surface area contributed by atoms with Crippen LogP contribution < -0.4 is 15.4 Å². The molecule has 0 bridgehead atoms. The molecule has 9 nitrogen and oxygen atoms in total. The molecule has 2 unspecified atom stereocenters. The second kappa shape index (κ2) is 9.63. The van der Waals surface area contributed by atoms with Gasteiger partial charge in [-0.05, 0) is 55.2 Å². The summed E-state index contributed by atoms with van der Waals surface area (Å²) in [5.74, 6) is 9.83. The maximum Gasteiger partial charge on any atom is 0.206 e. The van der Waals surface area contributed by atoms with Crippen LogP contribution in [0.2, 0.25) is 0 Å². The van der Waals surface area contributed by atoms with Gasteiger partial charge in [-0.3, -0.25) is 4.90 Å².